The fourth-order valence-electron chi connectivity index (χ4n) is 3.43. The standard InChI is InChI=1S/C19H20ClFN2O/c1-23(18-8-4-6-13-5-2-3-7-15(13)18)12-19(24)22-17-11-14(20)9-10-16(17)21/h2-3,5,7,9-11,18H,4,6,8,12H2,1H3,(H,22,24)/p+1/t18-/m0/s1. The van der Waals surface area contributed by atoms with Crippen LogP contribution in [0.15, 0.2) is 42.5 Å². The monoisotopic (exact) mass is 347 g/mol. The van der Waals surface area contributed by atoms with E-state index in [0.29, 0.717) is 11.1 Å². The highest BCUT2D eigenvalue weighted by Crippen LogP contribution is 2.27. The van der Waals surface area contributed by atoms with Crippen LogP contribution in [0.2, 0.25) is 5.02 Å². The highest BCUT2D eigenvalue weighted by atomic mass is 35.5. The molecule has 0 aliphatic heterocycles. The topological polar surface area (TPSA) is 33.5 Å². The molecule has 3 nitrogen and oxygen atoms in total. The zero-order valence-corrected chi connectivity index (χ0v) is 14.4. The van der Waals surface area contributed by atoms with Crippen LogP contribution in [0.5, 0.6) is 0 Å². The van der Waals surface area contributed by atoms with Gasteiger partial charge in [-0.2, -0.15) is 0 Å². The molecule has 0 bridgehead atoms. The van der Waals surface area contributed by atoms with E-state index in [0.717, 1.165) is 24.2 Å². The van der Waals surface area contributed by atoms with E-state index < -0.39 is 5.82 Å². The smallest absolute Gasteiger partial charge is 0.279 e. The Morgan fingerprint density at radius 1 is 1.33 bits per heavy atom. The number of hydrogen-bond acceptors (Lipinski definition) is 1. The Morgan fingerprint density at radius 2 is 2.12 bits per heavy atom. The molecule has 2 atom stereocenters. The molecule has 3 rings (SSSR count). The number of aryl methyl sites for hydroxylation is 1. The molecule has 24 heavy (non-hydrogen) atoms. The third-order valence-corrected chi connectivity index (χ3v) is 4.84. The second kappa shape index (κ2) is 7.32. The average molecular weight is 348 g/mol. The Hall–Kier alpha value is -1.91. The zero-order valence-electron chi connectivity index (χ0n) is 13.6. The number of nitrogens with one attached hydrogen (secondary N) is 2. The molecule has 1 aliphatic carbocycles. The Morgan fingerprint density at radius 3 is 2.96 bits per heavy atom. The molecule has 2 aromatic rings. The summed E-state index contributed by atoms with van der Waals surface area (Å²) in [5.41, 5.74) is 2.82. The van der Waals surface area contributed by atoms with E-state index in [1.54, 1.807) is 0 Å². The van der Waals surface area contributed by atoms with Crippen LogP contribution in [0.3, 0.4) is 0 Å². The predicted molar refractivity (Wildman–Crippen MR) is 93.9 cm³/mol. The molecule has 2 N–H and O–H groups in total. The second-order valence-corrected chi connectivity index (χ2v) is 6.78. The number of carbonyl (C=O) groups is 1. The van der Waals surface area contributed by atoms with Crippen molar-refractivity contribution in [3.63, 3.8) is 0 Å². The summed E-state index contributed by atoms with van der Waals surface area (Å²) in [6, 6.07) is 12.9. The molecule has 0 spiro atoms. The van der Waals surface area contributed by atoms with Gasteiger partial charge in [0.2, 0.25) is 0 Å². The normalized spacial score (nSPS) is 17.9. The summed E-state index contributed by atoms with van der Waals surface area (Å²) in [5.74, 6) is -0.690. The van der Waals surface area contributed by atoms with E-state index in [1.165, 1.54) is 29.3 Å². The fourth-order valence-corrected chi connectivity index (χ4v) is 3.60. The van der Waals surface area contributed by atoms with Gasteiger partial charge in [0.25, 0.3) is 5.91 Å². The average Bonchev–Trinajstić information content (AvgIpc) is 2.57. The molecule has 1 aliphatic rings. The number of amides is 1. The Labute approximate surface area is 146 Å². The van der Waals surface area contributed by atoms with Crippen LogP contribution < -0.4 is 10.2 Å². The summed E-state index contributed by atoms with van der Waals surface area (Å²) in [4.78, 5) is 13.4. The van der Waals surface area contributed by atoms with Gasteiger partial charge in [0, 0.05) is 17.0 Å². The minimum atomic E-state index is -0.478. The Kier molecular flexibility index (Phi) is 5.17. The van der Waals surface area contributed by atoms with Crippen molar-refractivity contribution in [1.82, 2.24) is 0 Å². The molecule has 0 aromatic heterocycles. The zero-order chi connectivity index (χ0) is 17.1. The number of halogens is 2. The molecular weight excluding hydrogens is 327 g/mol. The van der Waals surface area contributed by atoms with E-state index in [-0.39, 0.29) is 18.1 Å². The SMILES string of the molecule is C[NH+](CC(=O)Nc1cc(Cl)ccc1F)[C@H]1CCCc2ccccc21. The van der Waals surface area contributed by atoms with Crippen LogP contribution in [-0.2, 0) is 11.2 Å². The van der Waals surface area contributed by atoms with Crippen molar-refractivity contribution in [3.8, 4) is 0 Å². The van der Waals surface area contributed by atoms with Crippen molar-refractivity contribution in [2.45, 2.75) is 25.3 Å². The van der Waals surface area contributed by atoms with Crippen LogP contribution in [0.4, 0.5) is 10.1 Å². The minimum Gasteiger partial charge on any atom is -0.323 e. The summed E-state index contributed by atoms with van der Waals surface area (Å²) >= 11 is 5.86. The molecule has 1 unspecified atom stereocenters. The number of rotatable bonds is 4. The van der Waals surface area contributed by atoms with Gasteiger partial charge in [-0.15, -0.1) is 0 Å². The third kappa shape index (κ3) is 3.77. The highest BCUT2D eigenvalue weighted by molar-refractivity contribution is 6.30. The lowest BCUT2D eigenvalue weighted by atomic mass is 9.87. The van der Waals surface area contributed by atoms with Gasteiger partial charge in [-0.1, -0.05) is 35.9 Å². The fraction of sp³-hybridized carbons (Fsp3) is 0.316. The van der Waals surface area contributed by atoms with Crippen molar-refractivity contribution in [2.75, 3.05) is 18.9 Å². The number of hydrogen-bond donors (Lipinski definition) is 2. The number of likely N-dealkylation sites (N-methyl/N-ethyl adjacent to an activating group) is 1. The molecule has 0 fully saturated rings. The van der Waals surface area contributed by atoms with Gasteiger partial charge in [-0.3, -0.25) is 4.79 Å². The lowest BCUT2D eigenvalue weighted by molar-refractivity contribution is -0.905. The molecular formula is C19H21ClFN2O+. The van der Waals surface area contributed by atoms with Gasteiger partial charge in [0.15, 0.2) is 6.54 Å². The quantitative estimate of drug-likeness (QED) is 0.875. The maximum absolute atomic E-state index is 13.7. The van der Waals surface area contributed by atoms with Crippen LogP contribution in [0.25, 0.3) is 0 Å². The summed E-state index contributed by atoms with van der Waals surface area (Å²) in [7, 11) is 2.01. The van der Waals surface area contributed by atoms with E-state index in [1.807, 2.05) is 13.1 Å². The summed E-state index contributed by atoms with van der Waals surface area (Å²) in [6.45, 7) is 0.283. The molecule has 0 heterocycles. The maximum Gasteiger partial charge on any atom is 0.279 e. The summed E-state index contributed by atoms with van der Waals surface area (Å²) < 4.78 is 13.7. The van der Waals surface area contributed by atoms with Crippen molar-refractivity contribution < 1.29 is 14.1 Å². The first-order valence-electron chi connectivity index (χ1n) is 8.19. The molecule has 0 radical (unpaired) electrons. The maximum atomic E-state index is 13.7. The van der Waals surface area contributed by atoms with Crippen molar-refractivity contribution >= 4 is 23.2 Å². The van der Waals surface area contributed by atoms with E-state index in [9.17, 15) is 9.18 Å². The number of benzene rings is 2. The Balaban J connectivity index is 1.68. The van der Waals surface area contributed by atoms with Gasteiger partial charge in [0.1, 0.15) is 11.9 Å². The largest absolute Gasteiger partial charge is 0.323 e. The number of fused-ring (bicyclic) bond motifs is 1. The first-order chi connectivity index (χ1) is 11.5. The first kappa shape index (κ1) is 16.9. The van der Waals surface area contributed by atoms with Gasteiger partial charge in [-0.25, -0.2) is 4.39 Å². The lowest BCUT2D eigenvalue weighted by Gasteiger charge is -2.30. The van der Waals surface area contributed by atoms with E-state index in [4.69, 9.17) is 11.6 Å². The third-order valence-electron chi connectivity index (χ3n) is 4.61. The minimum absolute atomic E-state index is 0.129. The summed E-state index contributed by atoms with van der Waals surface area (Å²) in [6.07, 6.45) is 3.28. The Bertz CT molecular complexity index is 750. The van der Waals surface area contributed by atoms with Crippen LogP contribution in [0.1, 0.15) is 30.0 Å². The molecule has 126 valence electrons. The van der Waals surface area contributed by atoms with Gasteiger partial charge >= 0.3 is 0 Å². The number of anilines is 1. The molecule has 1 amide bonds. The number of quaternary nitrogens is 1. The molecule has 5 heteroatoms. The van der Waals surface area contributed by atoms with E-state index in [2.05, 4.69) is 23.5 Å². The molecule has 0 saturated carbocycles. The first-order valence-corrected chi connectivity index (χ1v) is 8.57. The van der Waals surface area contributed by atoms with Crippen LogP contribution in [0, 0.1) is 5.82 Å². The van der Waals surface area contributed by atoms with Crippen molar-refractivity contribution in [2.24, 2.45) is 0 Å². The highest BCUT2D eigenvalue weighted by Gasteiger charge is 2.28. The summed E-state index contributed by atoms with van der Waals surface area (Å²) in [5, 5.41) is 3.02. The van der Waals surface area contributed by atoms with E-state index >= 15 is 0 Å². The number of carbonyl (C=O) groups excluding carboxylic acids is 1. The predicted octanol–water partition coefficient (Wildman–Crippen LogP) is 3.01. The second-order valence-electron chi connectivity index (χ2n) is 6.34. The van der Waals surface area contributed by atoms with Gasteiger partial charge < -0.3 is 10.2 Å². The van der Waals surface area contributed by atoms with Gasteiger partial charge in [0.05, 0.1) is 12.7 Å². The van der Waals surface area contributed by atoms with Crippen molar-refractivity contribution in [1.29, 1.82) is 0 Å². The van der Waals surface area contributed by atoms with Gasteiger partial charge in [-0.05, 0) is 36.6 Å². The molecule has 0 saturated heterocycles. The molecule has 2 aromatic carbocycles. The van der Waals surface area contributed by atoms with Crippen LogP contribution >= 0.6 is 11.6 Å². The van der Waals surface area contributed by atoms with Crippen molar-refractivity contribution in [3.05, 3.63) is 64.4 Å². The lowest BCUT2D eigenvalue weighted by Crippen LogP contribution is -3.10. The van der Waals surface area contributed by atoms with Crippen LogP contribution in [-0.4, -0.2) is 19.5 Å².